The highest BCUT2D eigenvalue weighted by atomic mass is 35.5. The molecular formula is C22H21ClN4O3. The number of allylic oxidation sites excluding steroid dienone is 1. The van der Waals surface area contributed by atoms with Gasteiger partial charge in [0.25, 0.3) is 5.91 Å². The summed E-state index contributed by atoms with van der Waals surface area (Å²) in [4.78, 5) is 13.4. The summed E-state index contributed by atoms with van der Waals surface area (Å²) in [5.74, 6) is 1.20. The molecular weight excluding hydrogens is 404 g/mol. The van der Waals surface area contributed by atoms with Crippen molar-refractivity contribution in [2.75, 3.05) is 0 Å². The zero-order chi connectivity index (χ0) is 20.7. The second-order valence-corrected chi connectivity index (χ2v) is 7.87. The van der Waals surface area contributed by atoms with Crippen LogP contribution in [0.2, 0.25) is 5.02 Å². The molecule has 0 saturated heterocycles. The normalized spacial score (nSPS) is 22.4. The van der Waals surface area contributed by atoms with Crippen LogP contribution in [-0.2, 0) is 6.54 Å². The van der Waals surface area contributed by atoms with Crippen LogP contribution < -0.4 is 0 Å². The lowest BCUT2D eigenvalue weighted by molar-refractivity contribution is 0.0649. The molecule has 1 amide bonds. The van der Waals surface area contributed by atoms with Crippen molar-refractivity contribution in [1.29, 1.82) is 0 Å². The van der Waals surface area contributed by atoms with E-state index < -0.39 is 0 Å². The van der Waals surface area contributed by atoms with Gasteiger partial charge in [0.05, 0.1) is 23.3 Å². The molecule has 1 aliphatic heterocycles. The summed E-state index contributed by atoms with van der Waals surface area (Å²) in [5, 5.41) is 10.9. The van der Waals surface area contributed by atoms with Crippen LogP contribution in [0.5, 0.6) is 0 Å². The fourth-order valence-electron chi connectivity index (χ4n) is 4.26. The minimum atomic E-state index is -0.328. The monoisotopic (exact) mass is 424 g/mol. The number of fused-ring (bicyclic) bond motifs is 1. The van der Waals surface area contributed by atoms with E-state index in [1.54, 1.807) is 23.4 Å². The molecule has 0 spiro atoms. The van der Waals surface area contributed by atoms with Gasteiger partial charge in [-0.25, -0.2) is 5.01 Å². The Morgan fingerprint density at radius 1 is 1.30 bits per heavy atom. The summed E-state index contributed by atoms with van der Waals surface area (Å²) in [7, 11) is 0. The summed E-state index contributed by atoms with van der Waals surface area (Å²) in [6.45, 7) is 2.57. The standard InChI is InChI=1S/C22H21ClN4O3/c1-2-26-13-17(23)20(24-26)22(28)27-21(18-9-5-11-30-18)16-8-3-6-14(19(16)25-27)12-15-7-4-10-29-15/h4-5,7,9-13,16,21H,2-3,6,8H2,1H3/b14-12+/t16-,21-/m0/s1. The van der Waals surface area contributed by atoms with Crippen molar-refractivity contribution in [3.8, 4) is 0 Å². The van der Waals surface area contributed by atoms with Crippen molar-refractivity contribution in [2.24, 2.45) is 11.0 Å². The molecule has 0 aromatic carbocycles. The number of carbonyl (C=O) groups excluding carboxylic acids is 1. The number of nitrogens with zero attached hydrogens (tertiary/aromatic N) is 4. The van der Waals surface area contributed by atoms with Crippen molar-refractivity contribution in [2.45, 2.75) is 38.8 Å². The highest BCUT2D eigenvalue weighted by molar-refractivity contribution is 6.33. The Morgan fingerprint density at radius 2 is 2.13 bits per heavy atom. The highest BCUT2D eigenvalue weighted by Gasteiger charge is 2.46. The zero-order valence-electron chi connectivity index (χ0n) is 16.5. The number of carbonyl (C=O) groups is 1. The second-order valence-electron chi connectivity index (χ2n) is 7.46. The molecule has 1 saturated carbocycles. The Morgan fingerprint density at radius 3 is 2.83 bits per heavy atom. The molecule has 0 unspecified atom stereocenters. The van der Waals surface area contributed by atoms with Crippen LogP contribution >= 0.6 is 11.6 Å². The van der Waals surface area contributed by atoms with Crippen LogP contribution in [0.1, 0.15) is 54.2 Å². The summed E-state index contributed by atoms with van der Waals surface area (Å²) in [5.41, 5.74) is 2.19. The number of aryl methyl sites for hydroxylation is 1. The maximum Gasteiger partial charge on any atom is 0.296 e. The van der Waals surface area contributed by atoms with Gasteiger partial charge < -0.3 is 8.83 Å². The SMILES string of the molecule is CCn1cc(Cl)c(C(=O)N2N=C3/C(=C/c4ccco4)CCC[C@@H]3[C@H]2c2ccco2)n1. The van der Waals surface area contributed by atoms with Gasteiger partial charge in [0.15, 0.2) is 5.69 Å². The maximum atomic E-state index is 13.4. The molecule has 2 aliphatic rings. The van der Waals surface area contributed by atoms with E-state index in [4.69, 9.17) is 25.5 Å². The molecule has 3 aromatic rings. The van der Waals surface area contributed by atoms with E-state index in [1.807, 2.05) is 37.3 Å². The van der Waals surface area contributed by atoms with Crippen LogP contribution in [0.25, 0.3) is 6.08 Å². The molecule has 8 heteroatoms. The molecule has 0 radical (unpaired) electrons. The highest BCUT2D eigenvalue weighted by Crippen LogP contribution is 2.45. The predicted octanol–water partition coefficient (Wildman–Crippen LogP) is 5.18. The van der Waals surface area contributed by atoms with Gasteiger partial charge in [0.2, 0.25) is 0 Å². The van der Waals surface area contributed by atoms with E-state index in [0.29, 0.717) is 17.3 Å². The molecule has 0 N–H and O–H groups in total. The van der Waals surface area contributed by atoms with Crippen molar-refractivity contribution in [3.63, 3.8) is 0 Å². The van der Waals surface area contributed by atoms with E-state index in [9.17, 15) is 4.79 Å². The third kappa shape index (κ3) is 3.19. The fourth-order valence-corrected chi connectivity index (χ4v) is 4.49. The van der Waals surface area contributed by atoms with Crippen molar-refractivity contribution >= 4 is 29.3 Å². The third-order valence-corrected chi connectivity index (χ3v) is 5.92. The third-order valence-electron chi connectivity index (χ3n) is 5.65. The summed E-state index contributed by atoms with van der Waals surface area (Å²) < 4.78 is 12.9. The van der Waals surface area contributed by atoms with E-state index in [2.05, 4.69) is 5.10 Å². The Bertz CT molecular complexity index is 1110. The number of aromatic nitrogens is 2. The van der Waals surface area contributed by atoms with Gasteiger partial charge >= 0.3 is 0 Å². The average Bonchev–Trinajstić information content (AvgIpc) is 3.53. The predicted molar refractivity (Wildman–Crippen MR) is 112 cm³/mol. The Balaban J connectivity index is 1.57. The number of rotatable bonds is 4. The quantitative estimate of drug-likeness (QED) is 0.578. The molecule has 1 fully saturated rings. The molecule has 2 atom stereocenters. The van der Waals surface area contributed by atoms with E-state index >= 15 is 0 Å². The van der Waals surface area contributed by atoms with Gasteiger partial charge in [0.1, 0.15) is 17.6 Å². The Hall–Kier alpha value is -3.06. The second kappa shape index (κ2) is 7.65. The van der Waals surface area contributed by atoms with Crippen LogP contribution in [-0.4, -0.2) is 26.4 Å². The van der Waals surface area contributed by atoms with E-state index in [0.717, 1.165) is 36.3 Å². The van der Waals surface area contributed by atoms with E-state index in [1.165, 1.54) is 5.01 Å². The van der Waals surface area contributed by atoms with Crippen LogP contribution in [0.15, 0.2) is 62.5 Å². The topological polar surface area (TPSA) is 76.8 Å². The zero-order valence-corrected chi connectivity index (χ0v) is 17.2. The molecule has 4 heterocycles. The summed E-state index contributed by atoms with van der Waals surface area (Å²) >= 11 is 6.32. The molecule has 1 aliphatic carbocycles. The summed E-state index contributed by atoms with van der Waals surface area (Å²) in [6.07, 6.45) is 9.75. The minimum Gasteiger partial charge on any atom is -0.467 e. The molecule has 7 nitrogen and oxygen atoms in total. The lowest BCUT2D eigenvalue weighted by Gasteiger charge is -2.27. The van der Waals surface area contributed by atoms with Crippen molar-refractivity contribution in [1.82, 2.24) is 14.8 Å². The average molecular weight is 425 g/mol. The first-order chi connectivity index (χ1) is 14.7. The number of amides is 1. The minimum absolute atomic E-state index is 0.0436. The van der Waals surface area contributed by atoms with Gasteiger partial charge in [-0.2, -0.15) is 10.2 Å². The van der Waals surface area contributed by atoms with Gasteiger partial charge in [0, 0.05) is 18.7 Å². The molecule has 3 aromatic heterocycles. The first kappa shape index (κ1) is 18.9. The maximum absolute atomic E-state index is 13.4. The molecule has 30 heavy (non-hydrogen) atoms. The first-order valence-corrected chi connectivity index (χ1v) is 10.5. The largest absolute Gasteiger partial charge is 0.467 e. The summed E-state index contributed by atoms with van der Waals surface area (Å²) in [6, 6.07) is 7.16. The van der Waals surface area contributed by atoms with Crippen LogP contribution in [0.3, 0.4) is 0 Å². The number of hydrogen-bond donors (Lipinski definition) is 0. The van der Waals surface area contributed by atoms with Gasteiger partial charge in [-0.15, -0.1) is 0 Å². The fraction of sp³-hybridized carbons (Fsp3) is 0.318. The molecule has 154 valence electrons. The lowest BCUT2D eigenvalue weighted by Crippen LogP contribution is -2.32. The van der Waals surface area contributed by atoms with Crippen LogP contribution in [0.4, 0.5) is 0 Å². The van der Waals surface area contributed by atoms with Crippen LogP contribution in [0, 0.1) is 5.92 Å². The van der Waals surface area contributed by atoms with Gasteiger partial charge in [-0.05, 0) is 62.1 Å². The molecule has 5 rings (SSSR count). The van der Waals surface area contributed by atoms with E-state index in [-0.39, 0.29) is 23.6 Å². The first-order valence-electron chi connectivity index (χ1n) is 10.1. The number of furan rings is 2. The van der Waals surface area contributed by atoms with Crippen molar-refractivity contribution in [3.05, 3.63) is 70.8 Å². The number of hydrogen-bond acceptors (Lipinski definition) is 5. The van der Waals surface area contributed by atoms with Crippen molar-refractivity contribution < 1.29 is 13.6 Å². The number of halogens is 1. The molecule has 0 bridgehead atoms. The number of hydrazone groups is 1. The smallest absolute Gasteiger partial charge is 0.296 e. The Labute approximate surface area is 178 Å². The lowest BCUT2D eigenvalue weighted by atomic mass is 9.79. The van der Waals surface area contributed by atoms with Gasteiger partial charge in [-0.3, -0.25) is 9.48 Å². The van der Waals surface area contributed by atoms with Gasteiger partial charge in [-0.1, -0.05) is 11.6 Å². The Kier molecular flexibility index (Phi) is 4.83.